The number of halogens is 1. The predicted molar refractivity (Wildman–Crippen MR) is 106 cm³/mol. The summed E-state index contributed by atoms with van der Waals surface area (Å²) < 4.78 is 24.5. The first kappa shape index (κ1) is 18.4. The number of carbonyl (C=O) groups is 1. The summed E-state index contributed by atoms with van der Waals surface area (Å²) in [6, 6.07) is 19.6. The van der Waals surface area contributed by atoms with Crippen molar-refractivity contribution in [3.8, 4) is 11.5 Å². The van der Waals surface area contributed by atoms with Gasteiger partial charge < -0.3 is 14.8 Å². The summed E-state index contributed by atoms with van der Waals surface area (Å²) in [4.78, 5) is 13.5. The zero-order valence-corrected chi connectivity index (χ0v) is 15.8. The zero-order valence-electron chi connectivity index (χ0n) is 15.0. The average Bonchev–Trinajstić information content (AvgIpc) is 3.19. The number of ether oxygens (including phenoxy) is 2. The first-order valence-corrected chi connectivity index (χ1v) is 9.81. The van der Waals surface area contributed by atoms with Gasteiger partial charge in [0.05, 0.1) is 5.56 Å². The van der Waals surface area contributed by atoms with Gasteiger partial charge in [0.25, 0.3) is 5.91 Å². The maximum atomic E-state index is 13.8. The second kappa shape index (κ2) is 8.35. The number of amides is 1. The van der Waals surface area contributed by atoms with Gasteiger partial charge in [0.2, 0.25) is 6.79 Å². The molecule has 0 fully saturated rings. The number of carbonyl (C=O) groups excluding carboxylic acids is 1. The van der Waals surface area contributed by atoms with Gasteiger partial charge in [-0.15, -0.1) is 11.8 Å². The Kier molecular flexibility index (Phi) is 5.48. The Labute approximate surface area is 166 Å². The molecule has 1 heterocycles. The first-order chi connectivity index (χ1) is 13.7. The second-order valence-corrected chi connectivity index (χ2v) is 7.26. The molecule has 0 atom stereocenters. The molecule has 0 radical (unpaired) electrons. The lowest BCUT2D eigenvalue weighted by Gasteiger charge is -2.11. The highest BCUT2D eigenvalue weighted by molar-refractivity contribution is 7.98. The van der Waals surface area contributed by atoms with Crippen LogP contribution in [0.15, 0.2) is 71.6 Å². The number of hydrogen-bond donors (Lipinski definition) is 1. The average molecular weight is 395 g/mol. The van der Waals surface area contributed by atoms with Gasteiger partial charge >= 0.3 is 0 Å². The SMILES string of the molecule is O=C(NCc1ccc2c(c1)OCO2)c1ccccc1SCc1ccccc1F. The maximum absolute atomic E-state index is 13.8. The molecule has 0 spiro atoms. The number of rotatable bonds is 6. The van der Waals surface area contributed by atoms with Crippen LogP contribution in [-0.2, 0) is 12.3 Å². The smallest absolute Gasteiger partial charge is 0.252 e. The molecule has 142 valence electrons. The van der Waals surface area contributed by atoms with E-state index in [0.717, 1.165) is 10.5 Å². The van der Waals surface area contributed by atoms with E-state index in [4.69, 9.17) is 9.47 Å². The van der Waals surface area contributed by atoms with E-state index in [-0.39, 0.29) is 18.5 Å². The molecule has 4 nitrogen and oxygen atoms in total. The monoisotopic (exact) mass is 395 g/mol. The highest BCUT2D eigenvalue weighted by atomic mass is 32.2. The topological polar surface area (TPSA) is 47.6 Å². The summed E-state index contributed by atoms with van der Waals surface area (Å²) in [6.07, 6.45) is 0. The van der Waals surface area contributed by atoms with Crippen molar-refractivity contribution in [1.29, 1.82) is 0 Å². The molecule has 1 N–H and O–H groups in total. The molecule has 3 aromatic carbocycles. The van der Waals surface area contributed by atoms with Gasteiger partial charge in [-0.25, -0.2) is 4.39 Å². The van der Waals surface area contributed by atoms with E-state index in [1.165, 1.54) is 17.8 Å². The minimum atomic E-state index is -0.236. The van der Waals surface area contributed by atoms with Crippen LogP contribution in [-0.4, -0.2) is 12.7 Å². The van der Waals surface area contributed by atoms with Gasteiger partial charge in [0.1, 0.15) is 5.82 Å². The minimum Gasteiger partial charge on any atom is -0.454 e. The van der Waals surface area contributed by atoms with Crippen molar-refractivity contribution in [3.63, 3.8) is 0 Å². The van der Waals surface area contributed by atoms with Crippen LogP contribution in [0.5, 0.6) is 11.5 Å². The van der Waals surface area contributed by atoms with Crippen molar-refractivity contribution in [3.05, 3.63) is 89.2 Å². The Morgan fingerprint density at radius 1 is 1.00 bits per heavy atom. The molecule has 1 amide bonds. The Morgan fingerprint density at radius 2 is 1.79 bits per heavy atom. The number of hydrogen-bond acceptors (Lipinski definition) is 4. The summed E-state index contributed by atoms with van der Waals surface area (Å²) in [6.45, 7) is 0.597. The Bertz CT molecular complexity index is 1010. The molecule has 0 unspecified atom stereocenters. The van der Waals surface area contributed by atoms with E-state index in [0.29, 0.717) is 34.9 Å². The molecule has 1 aliphatic rings. The van der Waals surface area contributed by atoms with Crippen molar-refractivity contribution in [1.82, 2.24) is 5.32 Å². The molecule has 3 aromatic rings. The van der Waals surface area contributed by atoms with Gasteiger partial charge in [0, 0.05) is 17.2 Å². The number of nitrogens with one attached hydrogen (secondary N) is 1. The molecular formula is C22H18FNO3S. The fraction of sp³-hybridized carbons (Fsp3) is 0.136. The molecule has 0 aliphatic carbocycles. The lowest BCUT2D eigenvalue weighted by molar-refractivity contribution is 0.0948. The quantitative estimate of drug-likeness (QED) is 0.611. The Hall–Kier alpha value is -2.99. The van der Waals surface area contributed by atoms with Crippen LogP contribution >= 0.6 is 11.8 Å². The molecule has 28 heavy (non-hydrogen) atoms. The minimum absolute atomic E-state index is 0.172. The van der Waals surface area contributed by atoms with Crippen LogP contribution in [0.2, 0.25) is 0 Å². The second-order valence-electron chi connectivity index (χ2n) is 6.25. The summed E-state index contributed by atoms with van der Waals surface area (Å²) in [5.41, 5.74) is 2.11. The van der Waals surface area contributed by atoms with Crippen molar-refractivity contribution in [2.75, 3.05) is 6.79 Å². The fourth-order valence-corrected chi connectivity index (χ4v) is 3.92. The molecule has 6 heteroatoms. The van der Waals surface area contributed by atoms with Crippen molar-refractivity contribution in [2.45, 2.75) is 17.2 Å². The highest BCUT2D eigenvalue weighted by Crippen LogP contribution is 2.32. The molecule has 1 aliphatic heterocycles. The summed E-state index contributed by atoms with van der Waals surface area (Å²) in [7, 11) is 0. The largest absolute Gasteiger partial charge is 0.454 e. The molecule has 0 saturated heterocycles. The van der Waals surface area contributed by atoms with Crippen LogP contribution in [0.4, 0.5) is 4.39 Å². The van der Waals surface area contributed by atoms with Gasteiger partial charge in [-0.1, -0.05) is 36.4 Å². The predicted octanol–water partition coefficient (Wildman–Crippen LogP) is 4.78. The van der Waals surface area contributed by atoms with Crippen LogP contribution in [0.25, 0.3) is 0 Å². The highest BCUT2D eigenvalue weighted by Gasteiger charge is 2.15. The molecule has 0 aromatic heterocycles. The molecule has 0 saturated carbocycles. The van der Waals surface area contributed by atoms with Crippen molar-refractivity contribution < 1.29 is 18.7 Å². The fourth-order valence-electron chi connectivity index (χ4n) is 2.88. The first-order valence-electron chi connectivity index (χ1n) is 8.82. The van der Waals surface area contributed by atoms with E-state index < -0.39 is 0 Å². The third kappa shape index (κ3) is 4.12. The third-order valence-corrected chi connectivity index (χ3v) is 5.49. The zero-order chi connectivity index (χ0) is 19.3. The van der Waals surface area contributed by atoms with E-state index in [2.05, 4.69) is 5.32 Å². The van der Waals surface area contributed by atoms with E-state index >= 15 is 0 Å². The Balaban J connectivity index is 1.42. The summed E-state index contributed by atoms with van der Waals surface area (Å²) in [5, 5.41) is 2.93. The van der Waals surface area contributed by atoms with Crippen molar-refractivity contribution in [2.24, 2.45) is 0 Å². The number of thioether (sulfide) groups is 1. The summed E-state index contributed by atoms with van der Waals surface area (Å²) >= 11 is 1.44. The van der Waals surface area contributed by atoms with Gasteiger partial charge in [-0.3, -0.25) is 4.79 Å². The van der Waals surface area contributed by atoms with E-state index in [1.54, 1.807) is 18.2 Å². The lowest BCUT2D eigenvalue weighted by atomic mass is 10.1. The van der Waals surface area contributed by atoms with Gasteiger partial charge in [-0.2, -0.15) is 0 Å². The molecular weight excluding hydrogens is 377 g/mol. The van der Waals surface area contributed by atoms with Crippen molar-refractivity contribution >= 4 is 17.7 Å². The van der Waals surface area contributed by atoms with E-state index in [1.807, 2.05) is 42.5 Å². The van der Waals surface area contributed by atoms with Gasteiger partial charge in [0.15, 0.2) is 11.5 Å². The van der Waals surface area contributed by atoms with Crippen LogP contribution < -0.4 is 14.8 Å². The lowest BCUT2D eigenvalue weighted by Crippen LogP contribution is -2.23. The maximum Gasteiger partial charge on any atom is 0.252 e. The van der Waals surface area contributed by atoms with Crippen LogP contribution in [0, 0.1) is 5.82 Å². The van der Waals surface area contributed by atoms with Crippen LogP contribution in [0.3, 0.4) is 0 Å². The molecule has 4 rings (SSSR count). The summed E-state index contributed by atoms with van der Waals surface area (Å²) in [5.74, 6) is 1.45. The van der Waals surface area contributed by atoms with Crippen LogP contribution in [0.1, 0.15) is 21.5 Å². The Morgan fingerprint density at radius 3 is 2.68 bits per heavy atom. The number of benzene rings is 3. The molecule has 0 bridgehead atoms. The third-order valence-electron chi connectivity index (χ3n) is 4.36. The van der Waals surface area contributed by atoms with E-state index in [9.17, 15) is 9.18 Å². The van der Waals surface area contributed by atoms with Gasteiger partial charge in [-0.05, 0) is 41.5 Å². The standard InChI is InChI=1S/C22H18FNO3S/c23-18-7-3-1-5-16(18)13-28-21-8-4-2-6-17(21)22(25)24-12-15-9-10-19-20(11-15)27-14-26-19/h1-11H,12-14H2,(H,24,25). The number of fused-ring (bicyclic) bond motifs is 1. The normalized spacial score (nSPS) is 12.0.